The number of hydrogen-bond donors (Lipinski definition) is 1. The Morgan fingerprint density at radius 1 is 1.19 bits per heavy atom. The van der Waals surface area contributed by atoms with E-state index in [9.17, 15) is 9.59 Å². The summed E-state index contributed by atoms with van der Waals surface area (Å²) in [4.78, 5) is 27.3. The largest absolute Gasteiger partial charge is 0.359 e. The van der Waals surface area contributed by atoms with Crippen LogP contribution in [0.3, 0.4) is 0 Å². The molecule has 1 N–H and O–H groups in total. The Bertz CT molecular complexity index is 925. The van der Waals surface area contributed by atoms with Gasteiger partial charge in [-0.3, -0.25) is 4.79 Å². The number of rotatable bonds is 1. The van der Waals surface area contributed by atoms with E-state index in [1.807, 2.05) is 20.8 Å². The standard InChI is InChI=1S/C15H15N3O3/c1-15(2,3)11-8-12(17-21-11)18-13(19)9-6-4-5-7-10(9)16-14(18)20/h4-8H,1-3H3,(H,16,20). The summed E-state index contributed by atoms with van der Waals surface area (Å²) in [6.07, 6.45) is 0. The lowest BCUT2D eigenvalue weighted by Crippen LogP contribution is -2.33. The van der Waals surface area contributed by atoms with Gasteiger partial charge in [-0.1, -0.05) is 38.1 Å². The zero-order valence-electron chi connectivity index (χ0n) is 12.0. The fraction of sp³-hybridized carbons (Fsp3) is 0.267. The van der Waals surface area contributed by atoms with Gasteiger partial charge in [0.1, 0.15) is 5.76 Å². The van der Waals surface area contributed by atoms with Crippen molar-refractivity contribution >= 4 is 10.9 Å². The zero-order valence-corrected chi connectivity index (χ0v) is 12.0. The predicted molar refractivity (Wildman–Crippen MR) is 78.9 cm³/mol. The number of para-hydroxylation sites is 1. The minimum absolute atomic E-state index is 0.192. The molecule has 0 saturated heterocycles. The van der Waals surface area contributed by atoms with E-state index < -0.39 is 11.2 Å². The lowest BCUT2D eigenvalue weighted by molar-refractivity contribution is 0.328. The molecular formula is C15H15N3O3. The van der Waals surface area contributed by atoms with E-state index >= 15 is 0 Å². The van der Waals surface area contributed by atoms with E-state index in [4.69, 9.17) is 4.52 Å². The fourth-order valence-electron chi connectivity index (χ4n) is 2.10. The summed E-state index contributed by atoms with van der Waals surface area (Å²) in [6.45, 7) is 5.89. The van der Waals surface area contributed by atoms with E-state index in [1.54, 1.807) is 30.3 Å². The number of benzene rings is 1. The third-order valence-corrected chi connectivity index (χ3v) is 3.27. The van der Waals surface area contributed by atoms with Gasteiger partial charge in [-0.05, 0) is 12.1 Å². The van der Waals surface area contributed by atoms with Crippen LogP contribution in [0.4, 0.5) is 0 Å². The minimum atomic E-state index is -0.535. The Morgan fingerprint density at radius 3 is 2.57 bits per heavy atom. The number of aromatic amines is 1. The molecule has 21 heavy (non-hydrogen) atoms. The van der Waals surface area contributed by atoms with Crippen LogP contribution >= 0.6 is 0 Å². The van der Waals surface area contributed by atoms with Gasteiger partial charge in [-0.15, -0.1) is 0 Å². The van der Waals surface area contributed by atoms with Crippen molar-refractivity contribution in [3.8, 4) is 5.82 Å². The molecule has 0 spiro atoms. The van der Waals surface area contributed by atoms with Crippen molar-refractivity contribution in [1.29, 1.82) is 0 Å². The number of aromatic nitrogens is 3. The summed E-state index contributed by atoms with van der Waals surface area (Å²) in [6, 6.07) is 8.47. The predicted octanol–water partition coefficient (Wildman–Crippen LogP) is 1.96. The summed E-state index contributed by atoms with van der Waals surface area (Å²) in [5.41, 5.74) is -0.697. The molecule has 0 unspecified atom stereocenters. The molecule has 3 rings (SSSR count). The van der Waals surface area contributed by atoms with Crippen LogP contribution in [0.25, 0.3) is 16.7 Å². The monoisotopic (exact) mass is 285 g/mol. The maximum absolute atomic E-state index is 12.5. The molecule has 0 saturated carbocycles. The molecule has 0 atom stereocenters. The summed E-state index contributed by atoms with van der Waals surface area (Å²) in [5.74, 6) is 0.800. The number of nitrogens with one attached hydrogen (secondary N) is 1. The number of nitrogens with zero attached hydrogens (tertiary/aromatic N) is 2. The summed E-state index contributed by atoms with van der Waals surface area (Å²) in [7, 11) is 0. The van der Waals surface area contributed by atoms with Gasteiger partial charge in [0.05, 0.1) is 10.9 Å². The zero-order chi connectivity index (χ0) is 15.2. The molecule has 0 amide bonds. The summed E-state index contributed by atoms with van der Waals surface area (Å²) in [5, 5.41) is 4.28. The Morgan fingerprint density at radius 2 is 1.90 bits per heavy atom. The van der Waals surface area contributed by atoms with Gasteiger partial charge in [-0.2, -0.15) is 0 Å². The number of fused-ring (bicyclic) bond motifs is 1. The first kappa shape index (κ1) is 13.4. The number of hydrogen-bond acceptors (Lipinski definition) is 4. The third-order valence-electron chi connectivity index (χ3n) is 3.27. The highest BCUT2D eigenvalue weighted by Gasteiger charge is 2.21. The maximum Gasteiger partial charge on any atom is 0.334 e. The van der Waals surface area contributed by atoms with Crippen LogP contribution in [0.2, 0.25) is 0 Å². The molecule has 2 aromatic heterocycles. The molecule has 0 radical (unpaired) electrons. The third kappa shape index (κ3) is 2.18. The van der Waals surface area contributed by atoms with Crippen LogP contribution in [0.1, 0.15) is 26.5 Å². The van der Waals surface area contributed by atoms with E-state index in [2.05, 4.69) is 10.1 Å². The molecule has 6 heteroatoms. The lowest BCUT2D eigenvalue weighted by atomic mass is 9.93. The lowest BCUT2D eigenvalue weighted by Gasteiger charge is -2.12. The number of H-pyrrole nitrogens is 1. The van der Waals surface area contributed by atoms with Crippen LogP contribution in [0, 0.1) is 0 Å². The van der Waals surface area contributed by atoms with Gasteiger partial charge in [0, 0.05) is 11.5 Å². The smallest absolute Gasteiger partial charge is 0.334 e. The molecule has 0 aliphatic heterocycles. The Labute approximate surface area is 120 Å². The van der Waals surface area contributed by atoms with Gasteiger partial charge in [0.2, 0.25) is 0 Å². The van der Waals surface area contributed by atoms with Gasteiger partial charge in [0.25, 0.3) is 5.56 Å². The average molecular weight is 285 g/mol. The Hall–Kier alpha value is -2.63. The highest BCUT2D eigenvalue weighted by molar-refractivity contribution is 5.77. The molecule has 0 bridgehead atoms. The van der Waals surface area contributed by atoms with Crippen molar-refractivity contribution in [2.75, 3.05) is 0 Å². The van der Waals surface area contributed by atoms with Crippen molar-refractivity contribution in [2.45, 2.75) is 26.2 Å². The Balaban J connectivity index is 2.28. The van der Waals surface area contributed by atoms with Crippen LogP contribution in [-0.4, -0.2) is 14.7 Å². The second-order valence-corrected chi connectivity index (χ2v) is 5.92. The second-order valence-electron chi connectivity index (χ2n) is 5.92. The van der Waals surface area contributed by atoms with E-state index in [0.717, 1.165) is 4.57 Å². The molecule has 1 aromatic carbocycles. The van der Waals surface area contributed by atoms with Gasteiger partial charge in [-0.25, -0.2) is 9.36 Å². The maximum atomic E-state index is 12.5. The molecule has 0 aliphatic rings. The van der Waals surface area contributed by atoms with Gasteiger partial charge in [0.15, 0.2) is 5.82 Å². The van der Waals surface area contributed by atoms with Crippen LogP contribution in [-0.2, 0) is 5.41 Å². The van der Waals surface area contributed by atoms with Crippen molar-refractivity contribution in [2.24, 2.45) is 0 Å². The highest BCUT2D eigenvalue weighted by atomic mass is 16.5. The summed E-state index contributed by atoms with van der Waals surface area (Å²) < 4.78 is 6.23. The normalized spacial score (nSPS) is 12.0. The minimum Gasteiger partial charge on any atom is -0.359 e. The molecular weight excluding hydrogens is 270 g/mol. The molecule has 6 nitrogen and oxygen atoms in total. The first-order valence-corrected chi connectivity index (χ1v) is 6.59. The second kappa shape index (κ2) is 4.44. The fourth-order valence-corrected chi connectivity index (χ4v) is 2.10. The van der Waals surface area contributed by atoms with Crippen LogP contribution < -0.4 is 11.2 Å². The van der Waals surface area contributed by atoms with E-state index in [1.165, 1.54) is 0 Å². The highest BCUT2D eigenvalue weighted by Crippen LogP contribution is 2.23. The van der Waals surface area contributed by atoms with Crippen molar-refractivity contribution in [1.82, 2.24) is 14.7 Å². The van der Waals surface area contributed by atoms with Crippen molar-refractivity contribution in [3.05, 3.63) is 56.9 Å². The topological polar surface area (TPSA) is 80.9 Å². The van der Waals surface area contributed by atoms with E-state index in [-0.39, 0.29) is 11.2 Å². The molecule has 2 heterocycles. The van der Waals surface area contributed by atoms with E-state index in [0.29, 0.717) is 16.7 Å². The van der Waals surface area contributed by atoms with Crippen LogP contribution in [0.5, 0.6) is 0 Å². The molecule has 0 fully saturated rings. The molecule has 3 aromatic rings. The quantitative estimate of drug-likeness (QED) is 0.741. The summed E-state index contributed by atoms with van der Waals surface area (Å²) >= 11 is 0. The van der Waals surface area contributed by atoms with Gasteiger partial charge < -0.3 is 9.51 Å². The average Bonchev–Trinajstić information content (AvgIpc) is 2.88. The molecule has 108 valence electrons. The SMILES string of the molecule is CC(C)(C)c1cc(-n2c(=O)[nH]c3ccccc3c2=O)no1. The van der Waals surface area contributed by atoms with Crippen molar-refractivity contribution in [3.63, 3.8) is 0 Å². The Kier molecular flexibility index (Phi) is 2.83. The first-order chi connectivity index (χ1) is 9.88. The molecule has 0 aliphatic carbocycles. The van der Waals surface area contributed by atoms with Crippen molar-refractivity contribution < 1.29 is 4.52 Å². The first-order valence-electron chi connectivity index (χ1n) is 6.59. The van der Waals surface area contributed by atoms with Crippen LogP contribution in [0.15, 0.2) is 44.4 Å². The van der Waals surface area contributed by atoms with Gasteiger partial charge >= 0.3 is 5.69 Å².